The molecule has 0 radical (unpaired) electrons. The molecule has 0 aliphatic heterocycles. The molecule has 112 valence electrons. The lowest BCUT2D eigenvalue weighted by Crippen LogP contribution is -2.14. The average molecular weight is 321 g/mol. The number of rotatable bonds is 4. The molecular formula is C17H21ClN2S. The summed E-state index contributed by atoms with van der Waals surface area (Å²) in [6.45, 7) is 0. The molecule has 0 spiro atoms. The van der Waals surface area contributed by atoms with Gasteiger partial charge in [0.05, 0.1) is 10.0 Å². The average Bonchev–Trinajstić information content (AvgIpc) is 3.18. The first-order valence-electron chi connectivity index (χ1n) is 8.04. The van der Waals surface area contributed by atoms with Gasteiger partial charge in [-0.25, -0.2) is 0 Å². The SMILES string of the molecule is Clc1ccc(CCc2cc(C3CC4CCC(C4)C3)n[nH]2)s1. The maximum Gasteiger partial charge on any atom is 0.0931 e. The summed E-state index contributed by atoms with van der Waals surface area (Å²) in [5.41, 5.74) is 2.58. The van der Waals surface area contributed by atoms with Crippen molar-refractivity contribution in [3.63, 3.8) is 0 Å². The summed E-state index contributed by atoms with van der Waals surface area (Å²) in [6, 6.07) is 6.42. The van der Waals surface area contributed by atoms with Crippen LogP contribution in [0.15, 0.2) is 18.2 Å². The van der Waals surface area contributed by atoms with Crippen molar-refractivity contribution in [1.29, 1.82) is 0 Å². The maximum atomic E-state index is 5.98. The van der Waals surface area contributed by atoms with Gasteiger partial charge in [-0.2, -0.15) is 5.10 Å². The Kier molecular flexibility index (Phi) is 3.80. The zero-order valence-corrected chi connectivity index (χ0v) is 13.7. The van der Waals surface area contributed by atoms with E-state index in [1.807, 2.05) is 6.07 Å². The van der Waals surface area contributed by atoms with Gasteiger partial charge in [0, 0.05) is 16.5 Å². The van der Waals surface area contributed by atoms with Gasteiger partial charge in [0.1, 0.15) is 0 Å². The van der Waals surface area contributed by atoms with Crippen LogP contribution in [0.25, 0.3) is 0 Å². The molecule has 2 saturated carbocycles. The van der Waals surface area contributed by atoms with Crippen LogP contribution in [0, 0.1) is 11.8 Å². The zero-order chi connectivity index (χ0) is 14.2. The third-order valence-corrected chi connectivity index (χ3v) is 6.52. The van der Waals surface area contributed by atoms with Crippen LogP contribution in [0.2, 0.25) is 4.34 Å². The molecule has 0 saturated heterocycles. The van der Waals surface area contributed by atoms with Crippen molar-refractivity contribution in [2.45, 2.75) is 50.9 Å². The molecule has 0 amide bonds. The van der Waals surface area contributed by atoms with E-state index >= 15 is 0 Å². The quantitative estimate of drug-likeness (QED) is 0.823. The standard InChI is InChI=1S/C17H21ClN2S/c18-17-6-5-15(21-17)4-3-14-10-16(20-19-14)13-8-11-1-2-12(7-11)9-13/h5-6,10-13H,1-4,7-9H2,(H,19,20). The molecule has 0 aromatic carbocycles. The number of aromatic amines is 1. The summed E-state index contributed by atoms with van der Waals surface area (Å²) < 4.78 is 0.882. The first kappa shape index (κ1) is 13.8. The van der Waals surface area contributed by atoms with Gasteiger partial charge in [-0.05, 0) is 62.1 Å². The number of aromatic nitrogens is 2. The van der Waals surface area contributed by atoms with Gasteiger partial charge >= 0.3 is 0 Å². The summed E-state index contributed by atoms with van der Waals surface area (Å²) in [7, 11) is 0. The van der Waals surface area contributed by atoms with Crippen LogP contribution >= 0.6 is 22.9 Å². The van der Waals surface area contributed by atoms with Crippen LogP contribution in [0.3, 0.4) is 0 Å². The van der Waals surface area contributed by atoms with E-state index in [1.165, 1.54) is 48.4 Å². The number of thiophene rings is 1. The summed E-state index contributed by atoms with van der Waals surface area (Å²) >= 11 is 7.66. The van der Waals surface area contributed by atoms with Crippen LogP contribution < -0.4 is 0 Å². The van der Waals surface area contributed by atoms with Gasteiger partial charge in [-0.3, -0.25) is 5.10 Å². The Labute approximate surface area is 134 Å². The fourth-order valence-corrected chi connectivity index (χ4v) is 5.30. The van der Waals surface area contributed by atoms with E-state index in [-0.39, 0.29) is 0 Å². The Balaban J connectivity index is 1.39. The third-order valence-electron chi connectivity index (χ3n) is 5.22. The molecule has 2 bridgehead atoms. The van der Waals surface area contributed by atoms with E-state index in [2.05, 4.69) is 22.3 Å². The molecule has 2 unspecified atom stereocenters. The molecule has 21 heavy (non-hydrogen) atoms. The fraction of sp³-hybridized carbons (Fsp3) is 0.588. The number of nitrogens with one attached hydrogen (secondary N) is 1. The van der Waals surface area contributed by atoms with Crippen molar-refractivity contribution in [2.75, 3.05) is 0 Å². The lowest BCUT2D eigenvalue weighted by atomic mass is 9.79. The number of fused-ring (bicyclic) bond motifs is 2. The van der Waals surface area contributed by atoms with Crippen molar-refractivity contribution in [3.8, 4) is 0 Å². The number of H-pyrrole nitrogens is 1. The molecule has 2 heterocycles. The van der Waals surface area contributed by atoms with Crippen molar-refractivity contribution < 1.29 is 0 Å². The van der Waals surface area contributed by atoms with Gasteiger partial charge in [-0.15, -0.1) is 11.3 Å². The van der Waals surface area contributed by atoms with Gasteiger partial charge < -0.3 is 0 Å². The number of hydrogen-bond donors (Lipinski definition) is 1. The molecule has 2 aliphatic carbocycles. The molecule has 2 nitrogen and oxygen atoms in total. The fourth-order valence-electron chi connectivity index (χ4n) is 4.21. The van der Waals surface area contributed by atoms with Crippen LogP contribution in [0.5, 0.6) is 0 Å². The third kappa shape index (κ3) is 3.04. The highest BCUT2D eigenvalue weighted by Gasteiger charge is 2.35. The number of halogens is 1. The monoisotopic (exact) mass is 320 g/mol. The second-order valence-electron chi connectivity index (χ2n) is 6.74. The summed E-state index contributed by atoms with van der Waals surface area (Å²) in [5, 5.41) is 7.86. The molecule has 2 atom stereocenters. The van der Waals surface area contributed by atoms with E-state index < -0.39 is 0 Å². The molecule has 2 aromatic heterocycles. The first-order valence-corrected chi connectivity index (χ1v) is 9.24. The molecule has 2 aromatic rings. The Morgan fingerprint density at radius 1 is 1.14 bits per heavy atom. The van der Waals surface area contributed by atoms with Crippen molar-refractivity contribution in [1.82, 2.24) is 10.2 Å². The second-order valence-corrected chi connectivity index (χ2v) is 8.54. The Hall–Kier alpha value is -0.800. The minimum atomic E-state index is 0.706. The predicted octanol–water partition coefficient (Wildman–Crippen LogP) is 5.20. The Bertz CT molecular complexity index is 606. The largest absolute Gasteiger partial charge is 0.282 e. The zero-order valence-electron chi connectivity index (χ0n) is 12.1. The van der Waals surface area contributed by atoms with Gasteiger partial charge in [0.25, 0.3) is 0 Å². The summed E-state index contributed by atoms with van der Waals surface area (Å²) in [5.74, 6) is 2.65. The molecule has 1 N–H and O–H groups in total. The van der Waals surface area contributed by atoms with Crippen LogP contribution in [-0.2, 0) is 12.8 Å². The first-order chi connectivity index (χ1) is 10.3. The number of nitrogens with zero attached hydrogens (tertiary/aromatic N) is 1. The lowest BCUT2D eigenvalue weighted by molar-refractivity contribution is 0.315. The lowest BCUT2D eigenvalue weighted by Gasteiger charge is -2.26. The van der Waals surface area contributed by atoms with E-state index in [9.17, 15) is 0 Å². The highest BCUT2D eigenvalue weighted by molar-refractivity contribution is 7.16. The summed E-state index contributed by atoms with van der Waals surface area (Å²) in [6.07, 6.45) is 9.20. The maximum absolute atomic E-state index is 5.98. The van der Waals surface area contributed by atoms with Crippen LogP contribution in [0.1, 0.15) is 54.3 Å². The molecule has 4 rings (SSSR count). The minimum Gasteiger partial charge on any atom is -0.282 e. The minimum absolute atomic E-state index is 0.706. The second kappa shape index (κ2) is 5.77. The van der Waals surface area contributed by atoms with Gasteiger partial charge in [-0.1, -0.05) is 24.4 Å². The molecule has 2 aliphatic rings. The Morgan fingerprint density at radius 3 is 2.67 bits per heavy atom. The molecular weight excluding hydrogens is 300 g/mol. The van der Waals surface area contributed by atoms with Gasteiger partial charge in [0.15, 0.2) is 0 Å². The normalized spacial score (nSPS) is 28.1. The van der Waals surface area contributed by atoms with E-state index in [4.69, 9.17) is 11.6 Å². The van der Waals surface area contributed by atoms with Gasteiger partial charge in [0.2, 0.25) is 0 Å². The van der Waals surface area contributed by atoms with Crippen molar-refractivity contribution in [3.05, 3.63) is 38.8 Å². The van der Waals surface area contributed by atoms with E-state index in [0.29, 0.717) is 5.92 Å². The number of hydrogen-bond acceptors (Lipinski definition) is 2. The highest BCUT2D eigenvalue weighted by atomic mass is 35.5. The van der Waals surface area contributed by atoms with Crippen LogP contribution in [-0.4, -0.2) is 10.2 Å². The van der Waals surface area contributed by atoms with E-state index in [1.54, 1.807) is 11.3 Å². The van der Waals surface area contributed by atoms with Crippen molar-refractivity contribution in [2.24, 2.45) is 11.8 Å². The van der Waals surface area contributed by atoms with E-state index in [0.717, 1.165) is 29.0 Å². The predicted molar refractivity (Wildman–Crippen MR) is 88.1 cm³/mol. The topological polar surface area (TPSA) is 28.7 Å². The molecule has 4 heteroatoms. The summed E-state index contributed by atoms with van der Waals surface area (Å²) in [4.78, 5) is 1.35. The highest BCUT2D eigenvalue weighted by Crippen LogP contribution is 2.47. The Morgan fingerprint density at radius 2 is 1.95 bits per heavy atom. The van der Waals surface area contributed by atoms with Crippen molar-refractivity contribution >= 4 is 22.9 Å². The molecule has 2 fully saturated rings. The van der Waals surface area contributed by atoms with Crippen LogP contribution in [0.4, 0.5) is 0 Å². The number of aryl methyl sites for hydroxylation is 2. The smallest absolute Gasteiger partial charge is 0.0931 e.